The van der Waals surface area contributed by atoms with E-state index in [0.29, 0.717) is 29.5 Å². The summed E-state index contributed by atoms with van der Waals surface area (Å²) in [6.45, 7) is 3.81. The molecule has 4 nitrogen and oxygen atoms in total. The van der Waals surface area contributed by atoms with Gasteiger partial charge in [-0.25, -0.2) is 0 Å². The van der Waals surface area contributed by atoms with Crippen molar-refractivity contribution in [2.24, 2.45) is 23.2 Å². The van der Waals surface area contributed by atoms with Crippen LogP contribution in [-0.4, -0.2) is 53.5 Å². The highest BCUT2D eigenvalue weighted by molar-refractivity contribution is 5.75. The van der Waals surface area contributed by atoms with Crippen LogP contribution in [0.4, 0.5) is 0 Å². The molecule has 1 N–H and O–H groups in total. The maximum atomic E-state index is 12.3. The first-order valence-electron chi connectivity index (χ1n) is 12.2. The molecule has 1 aromatic carbocycles. The molecule has 6 rings (SSSR count). The molecule has 2 bridgehead atoms. The molecule has 1 amide bonds. The van der Waals surface area contributed by atoms with Gasteiger partial charge in [0.15, 0.2) is 0 Å². The molecule has 4 heteroatoms. The van der Waals surface area contributed by atoms with Crippen molar-refractivity contribution in [3.63, 3.8) is 0 Å². The fourth-order valence-electron chi connectivity index (χ4n) is 8.81. The van der Waals surface area contributed by atoms with Crippen molar-refractivity contribution < 1.29 is 9.90 Å². The quantitative estimate of drug-likeness (QED) is 0.775. The first-order valence-corrected chi connectivity index (χ1v) is 12.2. The zero-order valence-corrected chi connectivity index (χ0v) is 18.7. The summed E-state index contributed by atoms with van der Waals surface area (Å²) in [4.78, 5) is 16.9. The summed E-state index contributed by atoms with van der Waals surface area (Å²) in [5, 5.41) is 10.4. The van der Waals surface area contributed by atoms with Gasteiger partial charge in [0.1, 0.15) is 5.75 Å². The minimum atomic E-state index is 0.133. The van der Waals surface area contributed by atoms with E-state index in [4.69, 9.17) is 0 Å². The number of nitrogens with zero attached hydrogens (tertiary/aromatic N) is 2. The third-order valence-corrected chi connectivity index (χ3v) is 10.2. The van der Waals surface area contributed by atoms with Gasteiger partial charge in [-0.2, -0.15) is 0 Å². The Bertz CT molecular complexity index is 893. The molecule has 3 unspecified atom stereocenters. The molecule has 1 heterocycles. The van der Waals surface area contributed by atoms with Crippen molar-refractivity contribution in [3.05, 3.63) is 29.3 Å². The lowest BCUT2D eigenvalue weighted by Crippen LogP contribution is -2.80. The van der Waals surface area contributed by atoms with Gasteiger partial charge in [-0.3, -0.25) is 9.69 Å². The molecule has 5 aliphatic rings. The molecule has 0 radical (unpaired) electrons. The Kier molecular flexibility index (Phi) is 3.99. The normalized spacial score (nSPS) is 40.6. The molecule has 162 valence electrons. The lowest BCUT2D eigenvalue weighted by atomic mass is 9.41. The smallest absolute Gasteiger partial charge is 0.222 e. The van der Waals surface area contributed by atoms with Gasteiger partial charge in [-0.1, -0.05) is 19.4 Å². The number of carbonyl (C=O) groups is 1. The fourth-order valence-corrected chi connectivity index (χ4v) is 8.81. The number of hydrogen-bond donors (Lipinski definition) is 1. The van der Waals surface area contributed by atoms with Crippen LogP contribution in [0.15, 0.2) is 18.2 Å². The number of fused-ring (bicyclic) bond motifs is 2. The summed E-state index contributed by atoms with van der Waals surface area (Å²) in [7, 11) is 3.72. The van der Waals surface area contributed by atoms with Gasteiger partial charge < -0.3 is 10.0 Å². The summed E-state index contributed by atoms with van der Waals surface area (Å²) in [6, 6.07) is 7.65. The van der Waals surface area contributed by atoms with E-state index in [9.17, 15) is 9.90 Å². The van der Waals surface area contributed by atoms with Crippen LogP contribution in [0.5, 0.6) is 5.75 Å². The molecule has 3 saturated carbocycles. The fraction of sp³-hybridized carbons (Fsp3) is 0.731. The first-order chi connectivity index (χ1) is 14.4. The second kappa shape index (κ2) is 6.25. The summed E-state index contributed by atoms with van der Waals surface area (Å²) in [5.41, 5.74) is 3.50. The largest absolute Gasteiger partial charge is 0.508 e. The minimum Gasteiger partial charge on any atom is -0.508 e. The first kappa shape index (κ1) is 19.2. The second-order valence-electron chi connectivity index (χ2n) is 11.3. The summed E-state index contributed by atoms with van der Waals surface area (Å²) in [6.07, 6.45) is 9.46. The molecule has 1 spiro atoms. The van der Waals surface area contributed by atoms with Gasteiger partial charge in [-0.05, 0) is 79.5 Å². The number of phenolic OH excluding ortho intramolecular Hbond substituents is 1. The zero-order valence-electron chi connectivity index (χ0n) is 18.7. The Balaban J connectivity index is 1.36. The predicted octanol–water partition coefficient (Wildman–Crippen LogP) is 3.95. The van der Waals surface area contributed by atoms with Crippen molar-refractivity contribution in [3.8, 4) is 5.75 Å². The number of benzene rings is 1. The van der Waals surface area contributed by atoms with Crippen LogP contribution < -0.4 is 0 Å². The predicted molar refractivity (Wildman–Crippen MR) is 117 cm³/mol. The van der Waals surface area contributed by atoms with Crippen molar-refractivity contribution in [1.29, 1.82) is 0 Å². The number of rotatable bonds is 6. The monoisotopic (exact) mass is 408 g/mol. The van der Waals surface area contributed by atoms with E-state index in [1.807, 2.05) is 20.2 Å². The van der Waals surface area contributed by atoms with Crippen molar-refractivity contribution in [1.82, 2.24) is 9.80 Å². The standard InChI is InChI=1S/C26H36N2O2/c1-16-24-26-14-18-9-10-19(29)12-20(18)25(16,11-5-8-23(30)27(2)3)21(26)13-22(26)28(24)15-17-6-4-7-17/h9-10,12,16-17,21-22,24,29H,4-8,11,13-15H2,1-3H3/t16-,21?,22?,24-,25+,26?/m0/s1. The molecular weight excluding hydrogens is 372 g/mol. The summed E-state index contributed by atoms with van der Waals surface area (Å²) >= 11 is 0. The summed E-state index contributed by atoms with van der Waals surface area (Å²) in [5.74, 6) is 2.89. The van der Waals surface area contributed by atoms with Crippen LogP contribution >= 0.6 is 0 Å². The van der Waals surface area contributed by atoms with E-state index in [1.54, 1.807) is 4.90 Å². The van der Waals surface area contributed by atoms with E-state index in [0.717, 1.165) is 30.7 Å². The van der Waals surface area contributed by atoms with Crippen LogP contribution in [0.2, 0.25) is 0 Å². The average Bonchev–Trinajstić information content (AvgIpc) is 2.77. The lowest BCUT2D eigenvalue weighted by Gasteiger charge is -2.74. The SMILES string of the molecule is C[C@H]1[C@@H]2N(CC3CCC3)C3CC4C32Cc2ccc(O)cc2[C@]41CCCC(=O)N(C)C. The molecule has 4 fully saturated rings. The van der Waals surface area contributed by atoms with E-state index in [-0.39, 0.29) is 11.3 Å². The number of aromatic hydroxyl groups is 1. The van der Waals surface area contributed by atoms with Crippen LogP contribution in [0, 0.1) is 23.2 Å². The Labute approximate surface area is 180 Å². The van der Waals surface area contributed by atoms with Crippen LogP contribution in [-0.2, 0) is 16.6 Å². The van der Waals surface area contributed by atoms with Gasteiger partial charge in [0.05, 0.1) is 0 Å². The van der Waals surface area contributed by atoms with Gasteiger partial charge in [0.25, 0.3) is 0 Å². The Morgan fingerprint density at radius 2 is 2.10 bits per heavy atom. The lowest BCUT2D eigenvalue weighted by molar-refractivity contribution is -0.232. The van der Waals surface area contributed by atoms with Crippen LogP contribution in [0.1, 0.15) is 63.0 Å². The Hall–Kier alpha value is -1.55. The minimum absolute atomic E-state index is 0.133. The number of carbonyl (C=O) groups excluding carboxylic acids is 1. The van der Waals surface area contributed by atoms with Crippen LogP contribution in [0.3, 0.4) is 0 Å². The van der Waals surface area contributed by atoms with Gasteiger partial charge in [-0.15, -0.1) is 0 Å². The maximum absolute atomic E-state index is 12.3. The number of likely N-dealkylation sites (tertiary alicyclic amines) is 1. The molecule has 6 atom stereocenters. The van der Waals surface area contributed by atoms with Gasteiger partial charge >= 0.3 is 0 Å². The number of amides is 1. The topological polar surface area (TPSA) is 43.8 Å². The number of hydrogen-bond acceptors (Lipinski definition) is 3. The third-order valence-electron chi connectivity index (χ3n) is 10.2. The van der Waals surface area contributed by atoms with Gasteiger partial charge in [0, 0.05) is 50.0 Å². The van der Waals surface area contributed by atoms with E-state index < -0.39 is 0 Å². The third kappa shape index (κ3) is 2.14. The highest BCUT2D eigenvalue weighted by Gasteiger charge is 2.83. The van der Waals surface area contributed by atoms with E-state index in [2.05, 4.69) is 24.0 Å². The van der Waals surface area contributed by atoms with Gasteiger partial charge in [0.2, 0.25) is 5.91 Å². The molecule has 1 aromatic rings. The average molecular weight is 409 g/mol. The van der Waals surface area contributed by atoms with E-state index in [1.165, 1.54) is 49.8 Å². The molecule has 30 heavy (non-hydrogen) atoms. The molecule has 1 saturated heterocycles. The second-order valence-corrected chi connectivity index (χ2v) is 11.3. The van der Waals surface area contributed by atoms with E-state index >= 15 is 0 Å². The molecule has 0 aromatic heterocycles. The maximum Gasteiger partial charge on any atom is 0.222 e. The summed E-state index contributed by atoms with van der Waals surface area (Å²) < 4.78 is 0. The molecular formula is C26H36N2O2. The number of phenols is 1. The Morgan fingerprint density at radius 1 is 1.30 bits per heavy atom. The van der Waals surface area contributed by atoms with Crippen LogP contribution in [0.25, 0.3) is 0 Å². The molecule has 1 aliphatic heterocycles. The number of piperidine rings is 1. The zero-order chi connectivity index (χ0) is 20.8. The highest BCUT2D eigenvalue weighted by Crippen LogP contribution is 2.80. The Morgan fingerprint density at radius 3 is 2.80 bits per heavy atom. The van der Waals surface area contributed by atoms with Crippen molar-refractivity contribution >= 4 is 5.91 Å². The highest BCUT2D eigenvalue weighted by atomic mass is 16.3. The van der Waals surface area contributed by atoms with Crippen molar-refractivity contribution in [2.75, 3.05) is 20.6 Å². The molecule has 4 aliphatic carbocycles. The van der Waals surface area contributed by atoms with Crippen molar-refractivity contribution in [2.45, 2.75) is 75.8 Å².